The molecule has 1 aromatic carbocycles. The monoisotopic (exact) mass is 393 g/mol. The van der Waals surface area contributed by atoms with Crippen LogP contribution in [0.4, 0.5) is 0 Å². The normalized spacial score (nSPS) is 17.6. The quantitative estimate of drug-likeness (QED) is 0.720. The van der Waals surface area contributed by atoms with Crippen molar-refractivity contribution in [1.82, 2.24) is 25.0 Å². The molecule has 1 atom stereocenters. The Morgan fingerprint density at radius 3 is 2.86 bits per heavy atom. The van der Waals surface area contributed by atoms with Gasteiger partial charge in [0.1, 0.15) is 0 Å². The SMILES string of the molecule is Cc1cc(C(=O)NCC2CN(Cc3ccccc3)CCO2)c2c(C)nn(C)c2n1. The van der Waals surface area contributed by atoms with Crippen LogP contribution in [0, 0.1) is 13.8 Å². The third-order valence-corrected chi connectivity index (χ3v) is 5.30. The van der Waals surface area contributed by atoms with Crippen LogP contribution in [0.3, 0.4) is 0 Å². The number of fused-ring (bicyclic) bond motifs is 1. The molecule has 152 valence electrons. The van der Waals surface area contributed by atoms with E-state index in [0.29, 0.717) is 18.7 Å². The number of carbonyl (C=O) groups is 1. The first kappa shape index (κ1) is 19.5. The van der Waals surface area contributed by atoms with Crippen molar-refractivity contribution < 1.29 is 9.53 Å². The number of aryl methyl sites for hydroxylation is 3. The molecule has 1 aliphatic rings. The number of carbonyl (C=O) groups excluding carboxylic acids is 1. The smallest absolute Gasteiger partial charge is 0.252 e. The molecule has 1 fully saturated rings. The van der Waals surface area contributed by atoms with E-state index in [1.54, 1.807) is 4.68 Å². The summed E-state index contributed by atoms with van der Waals surface area (Å²) in [7, 11) is 1.85. The predicted molar refractivity (Wildman–Crippen MR) is 112 cm³/mol. The van der Waals surface area contributed by atoms with Crippen molar-refractivity contribution in [2.75, 3.05) is 26.2 Å². The van der Waals surface area contributed by atoms with Crippen molar-refractivity contribution in [3.63, 3.8) is 0 Å². The van der Waals surface area contributed by atoms with Crippen molar-refractivity contribution in [2.24, 2.45) is 7.05 Å². The number of hydrogen-bond acceptors (Lipinski definition) is 5. The Hall–Kier alpha value is -2.77. The summed E-state index contributed by atoms with van der Waals surface area (Å²) in [5.41, 5.74) is 4.25. The first-order valence-electron chi connectivity index (χ1n) is 9.98. The molecular weight excluding hydrogens is 366 g/mol. The Morgan fingerprint density at radius 1 is 1.28 bits per heavy atom. The van der Waals surface area contributed by atoms with Crippen LogP contribution in [-0.4, -0.2) is 57.9 Å². The fourth-order valence-corrected chi connectivity index (χ4v) is 3.94. The summed E-state index contributed by atoms with van der Waals surface area (Å²) in [5.74, 6) is -0.111. The summed E-state index contributed by atoms with van der Waals surface area (Å²) >= 11 is 0. The van der Waals surface area contributed by atoms with Gasteiger partial charge in [-0.25, -0.2) is 4.98 Å². The lowest BCUT2D eigenvalue weighted by molar-refractivity contribution is -0.0292. The van der Waals surface area contributed by atoms with Crippen LogP contribution in [0.1, 0.15) is 27.3 Å². The second-order valence-corrected chi connectivity index (χ2v) is 7.64. The third-order valence-electron chi connectivity index (χ3n) is 5.30. The van der Waals surface area contributed by atoms with E-state index in [-0.39, 0.29) is 12.0 Å². The van der Waals surface area contributed by atoms with Crippen molar-refractivity contribution in [1.29, 1.82) is 0 Å². The topological polar surface area (TPSA) is 72.3 Å². The fraction of sp³-hybridized carbons (Fsp3) is 0.409. The molecule has 3 heterocycles. The van der Waals surface area contributed by atoms with Crippen LogP contribution in [0.5, 0.6) is 0 Å². The molecule has 3 aromatic rings. The molecule has 0 radical (unpaired) electrons. The van der Waals surface area contributed by atoms with Gasteiger partial charge in [-0.15, -0.1) is 0 Å². The summed E-state index contributed by atoms with van der Waals surface area (Å²) < 4.78 is 7.61. The van der Waals surface area contributed by atoms with Crippen LogP contribution in [0.2, 0.25) is 0 Å². The van der Waals surface area contributed by atoms with Crippen LogP contribution in [0.15, 0.2) is 36.4 Å². The maximum absolute atomic E-state index is 12.9. The van der Waals surface area contributed by atoms with Crippen LogP contribution < -0.4 is 5.32 Å². The molecule has 0 bridgehead atoms. The average molecular weight is 393 g/mol. The van der Waals surface area contributed by atoms with Crippen molar-refractivity contribution in [3.8, 4) is 0 Å². The van der Waals surface area contributed by atoms with Gasteiger partial charge in [0, 0.05) is 38.9 Å². The largest absolute Gasteiger partial charge is 0.374 e. The lowest BCUT2D eigenvalue weighted by Gasteiger charge is -2.33. The molecule has 7 heteroatoms. The second-order valence-electron chi connectivity index (χ2n) is 7.64. The minimum absolute atomic E-state index is 0.0233. The molecular formula is C22H27N5O2. The number of ether oxygens (including phenoxy) is 1. The molecule has 1 N–H and O–H groups in total. The molecule has 0 aliphatic carbocycles. The summed E-state index contributed by atoms with van der Waals surface area (Å²) in [4.78, 5) is 19.8. The van der Waals surface area contributed by atoms with E-state index in [9.17, 15) is 4.79 Å². The molecule has 1 saturated heterocycles. The summed E-state index contributed by atoms with van der Waals surface area (Å²) in [6.45, 7) is 7.55. The Bertz CT molecular complexity index is 1010. The molecule has 2 aromatic heterocycles. The Morgan fingerprint density at radius 2 is 2.07 bits per heavy atom. The number of benzene rings is 1. The zero-order valence-electron chi connectivity index (χ0n) is 17.2. The number of nitrogens with one attached hydrogen (secondary N) is 1. The summed E-state index contributed by atoms with van der Waals surface area (Å²) in [5, 5.41) is 8.28. The number of hydrogen-bond donors (Lipinski definition) is 1. The van der Waals surface area contributed by atoms with Gasteiger partial charge in [0.2, 0.25) is 0 Å². The number of morpholine rings is 1. The van der Waals surface area contributed by atoms with Gasteiger partial charge in [-0.1, -0.05) is 30.3 Å². The van der Waals surface area contributed by atoms with Crippen molar-refractivity contribution in [2.45, 2.75) is 26.5 Å². The van der Waals surface area contributed by atoms with Gasteiger partial charge in [-0.2, -0.15) is 5.10 Å². The molecule has 0 saturated carbocycles. The van der Waals surface area contributed by atoms with Gasteiger partial charge in [-0.3, -0.25) is 14.4 Å². The van der Waals surface area contributed by atoms with E-state index >= 15 is 0 Å². The first-order valence-corrected chi connectivity index (χ1v) is 9.98. The van der Waals surface area contributed by atoms with Gasteiger partial charge >= 0.3 is 0 Å². The van der Waals surface area contributed by atoms with Crippen LogP contribution in [0.25, 0.3) is 11.0 Å². The number of pyridine rings is 1. The first-order chi connectivity index (χ1) is 14.0. The molecule has 1 unspecified atom stereocenters. The van der Waals surface area contributed by atoms with Crippen molar-refractivity contribution in [3.05, 3.63) is 58.9 Å². The van der Waals surface area contributed by atoms with E-state index in [4.69, 9.17) is 4.74 Å². The highest BCUT2D eigenvalue weighted by molar-refractivity contribution is 6.06. The summed E-state index contributed by atoms with van der Waals surface area (Å²) in [6.07, 6.45) is -0.0233. The summed E-state index contributed by atoms with van der Waals surface area (Å²) in [6, 6.07) is 12.3. The van der Waals surface area contributed by atoms with Gasteiger partial charge in [0.15, 0.2) is 5.65 Å². The number of rotatable bonds is 5. The molecule has 29 heavy (non-hydrogen) atoms. The highest BCUT2D eigenvalue weighted by Gasteiger charge is 2.23. The Balaban J connectivity index is 1.41. The molecule has 0 spiro atoms. The van der Waals surface area contributed by atoms with Gasteiger partial charge in [0.25, 0.3) is 5.91 Å². The number of amides is 1. The fourth-order valence-electron chi connectivity index (χ4n) is 3.94. The van der Waals surface area contributed by atoms with Crippen molar-refractivity contribution >= 4 is 16.9 Å². The van der Waals surface area contributed by atoms with E-state index in [1.807, 2.05) is 33.0 Å². The predicted octanol–water partition coefficient (Wildman–Crippen LogP) is 2.22. The second kappa shape index (κ2) is 8.31. The Kier molecular flexibility index (Phi) is 5.60. The van der Waals surface area contributed by atoms with Crippen LogP contribution >= 0.6 is 0 Å². The third kappa shape index (κ3) is 4.31. The lowest BCUT2D eigenvalue weighted by atomic mass is 10.1. The van der Waals surface area contributed by atoms with E-state index in [2.05, 4.69) is 44.6 Å². The number of aromatic nitrogens is 3. The maximum atomic E-state index is 12.9. The van der Waals surface area contributed by atoms with Gasteiger partial charge in [-0.05, 0) is 25.5 Å². The highest BCUT2D eigenvalue weighted by atomic mass is 16.5. The molecule has 7 nitrogen and oxygen atoms in total. The molecule has 1 amide bonds. The van der Waals surface area contributed by atoms with E-state index in [1.165, 1.54) is 5.56 Å². The van der Waals surface area contributed by atoms with Crippen LogP contribution in [-0.2, 0) is 18.3 Å². The highest BCUT2D eigenvalue weighted by Crippen LogP contribution is 2.21. The lowest BCUT2D eigenvalue weighted by Crippen LogP contribution is -2.47. The Labute approximate surface area is 170 Å². The zero-order chi connectivity index (χ0) is 20.4. The minimum atomic E-state index is -0.111. The minimum Gasteiger partial charge on any atom is -0.374 e. The molecule has 4 rings (SSSR count). The average Bonchev–Trinajstić information content (AvgIpc) is 3.00. The molecule has 1 aliphatic heterocycles. The van der Waals surface area contributed by atoms with E-state index < -0.39 is 0 Å². The number of nitrogens with zero attached hydrogens (tertiary/aromatic N) is 4. The van der Waals surface area contributed by atoms with Gasteiger partial charge < -0.3 is 10.1 Å². The zero-order valence-corrected chi connectivity index (χ0v) is 17.2. The standard InChI is InChI=1S/C22H27N5O2/c1-15-11-19(20-16(2)25-26(3)21(20)24-15)22(28)23-12-18-14-27(9-10-29-18)13-17-7-5-4-6-8-17/h4-8,11,18H,9-10,12-14H2,1-3H3,(H,23,28). The van der Waals surface area contributed by atoms with E-state index in [0.717, 1.165) is 42.1 Å². The van der Waals surface area contributed by atoms with Gasteiger partial charge in [0.05, 0.1) is 29.4 Å². The maximum Gasteiger partial charge on any atom is 0.252 e.